The highest BCUT2D eigenvalue weighted by molar-refractivity contribution is 6.13. The van der Waals surface area contributed by atoms with Gasteiger partial charge in [0.2, 0.25) is 0 Å². The zero-order valence-corrected chi connectivity index (χ0v) is 31.9. The molecule has 0 aliphatic heterocycles. The van der Waals surface area contributed by atoms with Crippen LogP contribution in [-0.2, 0) is 0 Å². The Labute approximate surface area is 353 Å². The van der Waals surface area contributed by atoms with E-state index in [1.165, 1.54) is 12.1 Å². The van der Waals surface area contributed by atoms with Gasteiger partial charge in [-0.25, -0.2) is 15.0 Å². The van der Waals surface area contributed by atoms with E-state index in [4.69, 9.17) is 27.6 Å². The van der Waals surface area contributed by atoms with Crippen LogP contribution in [0.25, 0.3) is 117 Å². The van der Waals surface area contributed by atoms with Crippen LogP contribution >= 0.6 is 0 Å². The minimum atomic E-state index is -0.157. The SMILES string of the molecule is [2H]c1cc([2H])c2c(c1[2H])c1c([2H])c([2H])cc([2H])c1n2-c1cc(-c2ccccc2)c2oc3cc(-c4ccc5cc(-c6nc(-c7ccccc7)nc(-c7ccccc7)n6)ccc5c4)ccc3c2c1. The smallest absolute Gasteiger partial charge is 0.164 e. The van der Waals surface area contributed by atoms with Crippen LogP contribution in [0.1, 0.15) is 8.22 Å². The second-order valence-electron chi connectivity index (χ2n) is 14.8. The summed E-state index contributed by atoms with van der Waals surface area (Å²) < 4.78 is 61.4. The molecule has 0 unspecified atom stereocenters. The largest absolute Gasteiger partial charge is 0.455 e. The van der Waals surface area contributed by atoms with Crippen LogP contribution in [0.5, 0.6) is 0 Å². The fourth-order valence-corrected chi connectivity index (χ4v) is 8.28. The molecule has 0 spiro atoms. The lowest BCUT2D eigenvalue weighted by Gasteiger charge is -2.11. The van der Waals surface area contributed by atoms with E-state index in [1.807, 2.05) is 109 Å². The highest BCUT2D eigenvalue weighted by Crippen LogP contribution is 2.42. The maximum Gasteiger partial charge on any atom is 0.164 e. The summed E-state index contributed by atoms with van der Waals surface area (Å²) in [6, 6.07) is 54.5. The predicted octanol–water partition coefficient (Wildman–Crippen LogP) is 14.4. The number of hydrogen-bond donors (Lipinski definition) is 0. The number of nitrogens with zero attached hydrogens (tertiary/aromatic N) is 4. The number of rotatable bonds is 6. The maximum absolute atomic E-state index is 9.06. The van der Waals surface area contributed by atoms with E-state index >= 15 is 0 Å². The fraction of sp³-hybridized carbons (Fsp3) is 0. The molecule has 3 heterocycles. The summed E-state index contributed by atoms with van der Waals surface area (Å²) in [7, 11) is 0. The minimum absolute atomic E-state index is 0.0118. The number of benzene rings is 9. The van der Waals surface area contributed by atoms with Crippen molar-refractivity contribution >= 4 is 54.5 Å². The summed E-state index contributed by atoms with van der Waals surface area (Å²) in [5.74, 6) is 1.80. The molecule has 60 heavy (non-hydrogen) atoms. The summed E-state index contributed by atoms with van der Waals surface area (Å²) in [6.07, 6.45) is 0. The Balaban J connectivity index is 0.988. The molecule has 0 radical (unpaired) electrons. The summed E-state index contributed by atoms with van der Waals surface area (Å²) >= 11 is 0. The molecule has 0 N–H and O–H groups in total. The number of furan rings is 1. The van der Waals surface area contributed by atoms with Gasteiger partial charge in [-0.3, -0.25) is 0 Å². The van der Waals surface area contributed by atoms with Crippen LogP contribution in [0.15, 0.2) is 211 Å². The van der Waals surface area contributed by atoms with Gasteiger partial charge in [-0.05, 0) is 75.9 Å². The van der Waals surface area contributed by atoms with Gasteiger partial charge in [0.1, 0.15) is 11.2 Å². The van der Waals surface area contributed by atoms with Gasteiger partial charge in [0.25, 0.3) is 0 Å². The van der Waals surface area contributed by atoms with E-state index in [9.17, 15) is 0 Å². The topological polar surface area (TPSA) is 56.7 Å². The molecular weight excluding hydrogens is 733 g/mol. The maximum atomic E-state index is 9.06. The third-order valence-electron chi connectivity index (χ3n) is 11.2. The standard InChI is InChI=1S/C55H34N4O/c1-4-14-35(15-5-1)47-33-43(59-49-22-12-10-20-44(49)45-21-11-13-23-50(45)59)34-48-46-29-28-41(32-51(46)60-52(47)48)39-24-25-40-31-42(27-26-38(40)30-39)55-57-53(36-16-6-2-7-17-36)56-54(58-55)37-18-8-3-9-19-37/h1-34H/i10D,11D,20D,21D,22D,23D. The molecule has 0 aliphatic carbocycles. The third kappa shape index (κ3) is 5.67. The van der Waals surface area contributed by atoms with E-state index in [1.54, 1.807) is 4.57 Å². The van der Waals surface area contributed by atoms with Crippen molar-refractivity contribution in [1.29, 1.82) is 0 Å². The number of aromatic nitrogens is 4. The normalized spacial score (nSPS) is 13.1. The van der Waals surface area contributed by atoms with Crippen molar-refractivity contribution in [3.8, 4) is 62.1 Å². The number of hydrogen-bond acceptors (Lipinski definition) is 4. The summed E-state index contributed by atoms with van der Waals surface area (Å²) in [4.78, 5) is 14.7. The molecule has 12 aromatic rings. The zero-order chi connectivity index (χ0) is 44.8. The Morgan fingerprint density at radius 1 is 0.400 bits per heavy atom. The lowest BCUT2D eigenvalue weighted by molar-refractivity contribution is 0.670. The first-order valence-electron chi connectivity index (χ1n) is 22.7. The van der Waals surface area contributed by atoms with Crippen LogP contribution in [0.3, 0.4) is 0 Å². The molecule has 3 aromatic heterocycles. The van der Waals surface area contributed by atoms with Crippen LogP contribution in [0, 0.1) is 0 Å². The highest BCUT2D eigenvalue weighted by atomic mass is 16.3. The second kappa shape index (κ2) is 13.8. The molecule has 5 heteroatoms. The molecule has 0 saturated heterocycles. The number of para-hydroxylation sites is 2. The molecule has 9 aromatic carbocycles. The molecule has 0 aliphatic rings. The van der Waals surface area contributed by atoms with E-state index in [2.05, 4.69) is 48.5 Å². The average molecular weight is 773 g/mol. The highest BCUT2D eigenvalue weighted by Gasteiger charge is 2.19. The molecular formula is C55H34N4O. The molecule has 0 fully saturated rings. The molecule has 0 bridgehead atoms. The monoisotopic (exact) mass is 772 g/mol. The first-order chi connectivity index (χ1) is 32.2. The Kier molecular flexibility index (Phi) is 6.48. The van der Waals surface area contributed by atoms with Gasteiger partial charge in [-0.1, -0.05) is 158 Å². The summed E-state index contributed by atoms with van der Waals surface area (Å²) in [5.41, 5.74) is 8.90. The Hall–Kier alpha value is -8.15. The van der Waals surface area contributed by atoms with Crippen molar-refractivity contribution in [2.45, 2.75) is 0 Å². The Morgan fingerprint density at radius 2 is 0.917 bits per heavy atom. The molecule has 0 atom stereocenters. The summed E-state index contributed by atoms with van der Waals surface area (Å²) in [6.45, 7) is 0. The van der Waals surface area contributed by atoms with Crippen molar-refractivity contribution in [2.75, 3.05) is 0 Å². The van der Waals surface area contributed by atoms with Gasteiger partial charge in [-0.15, -0.1) is 0 Å². The third-order valence-corrected chi connectivity index (χ3v) is 11.2. The van der Waals surface area contributed by atoms with Gasteiger partial charge in [0.15, 0.2) is 17.5 Å². The Bertz CT molecular complexity index is 3820. The predicted molar refractivity (Wildman–Crippen MR) is 246 cm³/mol. The van der Waals surface area contributed by atoms with Crippen molar-refractivity contribution in [3.63, 3.8) is 0 Å². The second-order valence-corrected chi connectivity index (χ2v) is 14.8. The van der Waals surface area contributed by atoms with Crippen molar-refractivity contribution in [2.24, 2.45) is 0 Å². The first kappa shape index (κ1) is 28.3. The van der Waals surface area contributed by atoms with Crippen molar-refractivity contribution < 1.29 is 12.6 Å². The summed E-state index contributed by atoms with van der Waals surface area (Å²) in [5, 5.41) is 4.18. The lowest BCUT2D eigenvalue weighted by atomic mass is 9.98. The van der Waals surface area contributed by atoms with Gasteiger partial charge in [-0.2, -0.15) is 0 Å². The van der Waals surface area contributed by atoms with E-state index in [0.29, 0.717) is 45.4 Å². The van der Waals surface area contributed by atoms with E-state index in [0.717, 1.165) is 60.5 Å². The van der Waals surface area contributed by atoms with Gasteiger partial charge in [0.05, 0.1) is 19.3 Å². The molecule has 5 nitrogen and oxygen atoms in total. The average Bonchev–Trinajstić information content (AvgIpc) is 3.92. The molecule has 0 saturated carbocycles. The first-order valence-corrected chi connectivity index (χ1v) is 19.7. The zero-order valence-electron chi connectivity index (χ0n) is 37.9. The fourth-order valence-electron chi connectivity index (χ4n) is 8.28. The molecule has 0 amide bonds. The number of fused-ring (bicyclic) bond motifs is 7. The van der Waals surface area contributed by atoms with E-state index < -0.39 is 0 Å². The van der Waals surface area contributed by atoms with Crippen LogP contribution in [0.2, 0.25) is 0 Å². The minimum Gasteiger partial charge on any atom is -0.455 e. The van der Waals surface area contributed by atoms with Gasteiger partial charge >= 0.3 is 0 Å². The lowest BCUT2D eigenvalue weighted by Crippen LogP contribution is -2.00. The Morgan fingerprint density at radius 3 is 1.53 bits per heavy atom. The van der Waals surface area contributed by atoms with Crippen molar-refractivity contribution in [3.05, 3.63) is 206 Å². The van der Waals surface area contributed by atoms with Crippen molar-refractivity contribution in [1.82, 2.24) is 19.5 Å². The quantitative estimate of drug-likeness (QED) is 0.169. The van der Waals surface area contributed by atoms with Gasteiger partial charge < -0.3 is 8.98 Å². The van der Waals surface area contributed by atoms with E-state index in [-0.39, 0.29) is 47.0 Å². The van der Waals surface area contributed by atoms with Crippen LogP contribution in [0.4, 0.5) is 0 Å². The van der Waals surface area contributed by atoms with Gasteiger partial charge in [0, 0.05) is 49.5 Å². The van der Waals surface area contributed by atoms with Crippen LogP contribution in [-0.4, -0.2) is 19.5 Å². The molecule has 12 rings (SSSR count). The molecule has 280 valence electrons. The van der Waals surface area contributed by atoms with Crippen LogP contribution < -0.4 is 0 Å².